The summed E-state index contributed by atoms with van der Waals surface area (Å²) in [5.74, 6) is -1.89. The number of aromatic nitrogens is 2. The van der Waals surface area contributed by atoms with Crippen LogP contribution < -0.4 is 4.90 Å². The van der Waals surface area contributed by atoms with Crippen LogP contribution in [0.2, 0.25) is 0 Å². The second-order valence-electron chi connectivity index (χ2n) is 7.70. The van der Waals surface area contributed by atoms with Crippen molar-refractivity contribution in [2.24, 2.45) is 5.92 Å². The second kappa shape index (κ2) is 8.70. The summed E-state index contributed by atoms with van der Waals surface area (Å²) in [6.45, 7) is 3.96. The zero-order valence-electron chi connectivity index (χ0n) is 16.1. The molecule has 1 aromatic heterocycles. The summed E-state index contributed by atoms with van der Waals surface area (Å²) in [6.07, 6.45) is 1.07. The summed E-state index contributed by atoms with van der Waals surface area (Å²) in [6, 6.07) is 0. The smallest absolute Gasteiger partial charge is 0.475 e. The topological polar surface area (TPSA) is 95.9 Å². The zero-order valence-corrected chi connectivity index (χ0v) is 16.1. The van der Waals surface area contributed by atoms with Crippen LogP contribution in [-0.4, -0.2) is 76.4 Å². The fraction of sp³-hybridized carbons (Fsp3) is 0.667. The molecule has 8 nitrogen and oxygen atoms in total. The molecular weight excluding hydrogens is 412 g/mol. The Kier molecular flexibility index (Phi) is 6.44. The fourth-order valence-corrected chi connectivity index (χ4v) is 3.78. The summed E-state index contributed by atoms with van der Waals surface area (Å²) in [5.41, 5.74) is -0.108. The Morgan fingerprint density at radius 1 is 1.30 bits per heavy atom. The average molecular weight is 434 g/mol. The molecule has 1 unspecified atom stereocenters. The lowest BCUT2D eigenvalue weighted by Gasteiger charge is -2.52. The van der Waals surface area contributed by atoms with Gasteiger partial charge in [0, 0.05) is 25.4 Å². The van der Waals surface area contributed by atoms with Gasteiger partial charge in [-0.2, -0.15) is 13.2 Å². The molecule has 0 radical (unpaired) electrons. The molecule has 4 rings (SSSR count). The number of anilines is 1. The van der Waals surface area contributed by atoms with E-state index in [0.29, 0.717) is 24.9 Å². The Hall–Kier alpha value is -2.50. The summed E-state index contributed by atoms with van der Waals surface area (Å²) in [4.78, 5) is 32.6. The lowest BCUT2D eigenvalue weighted by molar-refractivity contribution is -0.192. The van der Waals surface area contributed by atoms with Gasteiger partial charge in [0.1, 0.15) is 5.60 Å². The number of amides is 1. The van der Waals surface area contributed by atoms with Gasteiger partial charge < -0.3 is 19.6 Å². The van der Waals surface area contributed by atoms with Gasteiger partial charge in [-0.1, -0.05) is 0 Å². The predicted octanol–water partition coefficient (Wildman–Crippen LogP) is 1.86. The van der Waals surface area contributed by atoms with Crippen LogP contribution in [0.15, 0.2) is 12.4 Å². The first-order valence-electron chi connectivity index (χ1n) is 9.52. The zero-order chi connectivity index (χ0) is 21.9. The summed E-state index contributed by atoms with van der Waals surface area (Å²) in [5, 5.41) is 7.12. The van der Waals surface area contributed by atoms with Crippen molar-refractivity contribution in [2.45, 2.75) is 37.5 Å². The Bertz CT molecular complexity index is 758. The van der Waals surface area contributed by atoms with Crippen molar-refractivity contribution in [1.29, 1.82) is 0 Å². The number of nitrogens with zero attached hydrogens (tertiary/aromatic N) is 4. The predicted molar refractivity (Wildman–Crippen MR) is 95.1 cm³/mol. The van der Waals surface area contributed by atoms with Crippen LogP contribution in [0.1, 0.15) is 25.7 Å². The van der Waals surface area contributed by atoms with Crippen molar-refractivity contribution in [3.05, 3.63) is 18.2 Å². The SMILES string of the molecule is O=C(O)C(F)(F)F.O=C1CCCN1CC1CCC2(CN(c3ncc(F)cn3)C2)OC1. The number of aliphatic carboxylic acids is 1. The number of carbonyl (C=O) groups is 2. The van der Waals surface area contributed by atoms with Crippen LogP contribution >= 0.6 is 0 Å². The molecule has 1 N–H and O–H groups in total. The number of alkyl halides is 3. The van der Waals surface area contributed by atoms with Gasteiger partial charge in [-0.05, 0) is 19.3 Å². The fourth-order valence-electron chi connectivity index (χ4n) is 3.78. The van der Waals surface area contributed by atoms with E-state index in [-0.39, 0.29) is 11.5 Å². The molecule has 0 aromatic carbocycles. The van der Waals surface area contributed by atoms with Gasteiger partial charge in [-0.25, -0.2) is 19.2 Å². The van der Waals surface area contributed by atoms with Crippen LogP contribution in [0.25, 0.3) is 0 Å². The number of carboxylic acid groups (broad SMARTS) is 1. The highest BCUT2D eigenvalue weighted by Gasteiger charge is 2.48. The van der Waals surface area contributed by atoms with Gasteiger partial charge in [-0.15, -0.1) is 0 Å². The first-order chi connectivity index (χ1) is 14.1. The largest absolute Gasteiger partial charge is 0.490 e. The number of carbonyl (C=O) groups excluding carboxylic acids is 1. The van der Waals surface area contributed by atoms with E-state index in [9.17, 15) is 22.4 Å². The first kappa shape index (κ1) is 22.2. The Morgan fingerprint density at radius 3 is 2.40 bits per heavy atom. The first-order valence-corrected chi connectivity index (χ1v) is 9.52. The third-order valence-electron chi connectivity index (χ3n) is 5.37. The number of halogens is 4. The molecule has 1 spiro atoms. The highest BCUT2D eigenvalue weighted by molar-refractivity contribution is 5.78. The maximum atomic E-state index is 12.9. The van der Waals surface area contributed by atoms with E-state index >= 15 is 0 Å². The normalized spacial score (nSPS) is 23.1. The number of carboxylic acids is 1. The number of hydrogen-bond acceptors (Lipinski definition) is 6. The molecule has 30 heavy (non-hydrogen) atoms. The number of hydrogen-bond donors (Lipinski definition) is 1. The van der Waals surface area contributed by atoms with E-state index in [1.165, 1.54) is 12.4 Å². The summed E-state index contributed by atoms with van der Waals surface area (Å²) >= 11 is 0. The van der Waals surface area contributed by atoms with Crippen LogP contribution in [-0.2, 0) is 14.3 Å². The molecule has 0 saturated carbocycles. The van der Waals surface area contributed by atoms with Gasteiger partial charge in [-0.3, -0.25) is 4.79 Å². The van der Waals surface area contributed by atoms with E-state index < -0.39 is 18.0 Å². The Labute approximate surface area is 169 Å². The van der Waals surface area contributed by atoms with E-state index in [0.717, 1.165) is 45.4 Å². The van der Waals surface area contributed by atoms with Crippen LogP contribution in [0.4, 0.5) is 23.5 Å². The summed E-state index contributed by atoms with van der Waals surface area (Å²) < 4.78 is 50.7. The monoisotopic (exact) mass is 434 g/mol. The van der Waals surface area contributed by atoms with Crippen LogP contribution in [0, 0.1) is 11.7 Å². The minimum atomic E-state index is -5.08. The van der Waals surface area contributed by atoms with Gasteiger partial charge >= 0.3 is 12.1 Å². The molecule has 166 valence electrons. The maximum Gasteiger partial charge on any atom is 0.490 e. The molecule has 4 heterocycles. The van der Waals surface area contributed by atoms with Crippen molar-refractivity contribution >= 4 is 17.8 Å². The number of likely N-dealkylation sites (tertiary alicyclic amines) is 1. The molecule has 0 aliphatic carbocycles. The highest BCUT2D eigenvalue weighted by Crippen LogP contribution is 2.37. The quantitative estimate of drug-likeness (QED) is 0.726. The van der Waals surface area contributed by atoms with Gasteiger partial charge in [0.05, 0.1) is 32.1 Å². The number of rotatable bonds is 3. The third kappa shape index (κ3) is 5.35. The molecule has 3 aliphatic heterocycles. The van der Waals surface area contributed by atoms with Crippen molar-refractivity contribution in [2.75, 3.05) is 37.7 Å². The Balaban J connectivity index is 0.000000318. The van der Waals surface area contributed by atoms with Crippen molar-refractivity contribution in [3.63, 3.8) is 0 Å². The molecule has 1 atom stereocenters. The molecule has 1 amide bonds. The van der Waals surface area contributed by atoms with Crippen molar-refractivity contribution < 1.29 is 37.0 Å². The molecule has 3 aliphatic rings. The second-order valence-corrected chi connectivity index (χ2v) is 7.70. The van der Waals surface area contributed by atoms with E-state index in [4.69, 9.17) is 14.6 Å². The van der Waals surface area contributed by atoms with E-state index in [1.807, 2.05) is 9.80 Å². The summed E-state index contributed by atoms with van der Waals surface area (Å²) in [7, 11) is 0. The molecule has 1 aromatic rings. The number of ether oxygens (including phenoxy) is 1. The van der Waals surface area contributed by atoms with Crippen LogP contribution in [0.3, 0.4) is 0 Å². The highest BCUT2D eigenvalue weighted by atomic mass is 19.4. The van der Waals surface area contributed by atoms with Gasteiger partial charge in [0.2, 0.25) is 11.9 Å². The van der Waals surface area contributed by atoms with Crippen molar-refractivity contribution in [1.82, 2.24) is 14.9 Å². The van der Waals surface area contributed by atoms with Gasteiger partial charge in [0.25, 0.3) is 0 Å². The minimum Gasteiger partial charge on any atom is -0.475 e. The third-order valence-corrected chi connectivity index (χ3v) is 5.37. The molecule has 3 fully saturated rings. The lowest BCUT2D eigenvalue weighted by atomic mass is 9.83. The average Bonchev–Trinajstić information content (AvgIpc) is 3.06. The van der Waals surface area contributed by atoms with Gasteiger partial charge in [0.15, 0.2) is 5.82 Å². The Morgan fingerprint density at radius 2 is 1.93 bits per heavy atom. The molecule has 12 heteroatoms. The van der Waals surface area contributed by atoms with Crippen LogP contribution in [0.5, 0.6) is 0 Å². The van der Waals surface area contributed by atoms with E-state index in [2.05, 4.69) is 9.97 Å². The molecule has 3 saturated heterocycles. The van der Waals surface area contributed by atoms with Crippen molar-refractivity contribution in [3.8, 4) is 0 Å². The maximum absolute atomic E-state index is 12.9. The minimum absolute atomic E-state index is 0.108. The lowest BCUT2D eigenvalue weighted by Crippen LogP contribution is -2.65. The standard InChI is InChI=1S/C16H21FN4O2.C2HF3O2/c17-13-6-18-15(19-7-13)21-10-16(11-21)4-3-12(9-23-16)8-20-5-1-2-14(20)22;3-2(4,5)1(6)7/h6-7,12H,1-5,8-11H2;(H,6,7). The molecular formula is C18H22F4N4O4. The van der Waals surface area contributed by atoms with E-state index in [1.54, 1.807) is 0 Å². The molecule has 0 bridgehead atoms.